The Morgan fingerprint density at radius 1 is 0.429 bits per heavy atom. The topological polar surface area (TPSA) is 12.9 Å². The molecule has 49 heavy (non-hydrogen) atoms. The minimum absolute atomic E-state index is 0.115. The third kappa shape index (κ3) is 3.90. The SMILES string of the molecule is CC(C)(C)c1ccc2c(ccc3c(-c4ccc(-c5ccc6c(c5)C5(c7ccccc7-c7ccccc75)c5ccccc5-6)cc4)nccc32)c1. The van der Waals surface area contributed by atoms with E-state index in [2.05, 4.69) is 172 Å². The maximum absolute atomic E-state index is 4.90. The van der Waals surface area contributed by atoms with Crippen molar-refractivity contribution in [1.82, 2.24) is 4.98 Å². The summed E-state index contributed by atoms with van der Waals surface area (Å²) in [6, 6.07) is 56.7. The predicted octanol–water partition coefficient (Wildman–Crippen LogP) is 12.4. The van der Waals surface area contributed by atoms with Crippen molar-refractivity contribution in [2.75, 3.05) is 0 Å². The summed E-state index contributed by atoms with van der Waals surface area (Å²) in [4.78, 5) is 4.90. The standard InChI is InChI=1S/C48H35N/c1-47(2,3)34-22-25-35-33(28-34)21-24-41-36(35)26-27-49-46(41)31-18-16-30(17-19-31)32-20-23-40-39-12-6-9-15-44(39)48(45(40)29-32)42-13-7-4-10-37(42)38-11-5-8-14-43(38)48/h4-29H,1-3H3. The number of benzene rings is 7. The zero-order chi connectivity index (χ0) is 32.9. The predicted molar refractivity (Wildman–Crippen MR) is 205 cm³/mol. The maximum atomic E-state index is 4.90. The Morgan fingerprint density at radius 2 is 0.980 bits per heavy atom. The molecule has 1 spiro atoms. The van der Waals surface area contributed by atoms with Crippen LogP contribution in [0.25, 0.3) is 66.2 Å². The monoisotopic (exact) mass is 625 g/mol. The van der Waals surface area contributed by atoms with Gasteiger partial charge < -0.3 is 0 Å². The van der Waals surface area contributed by atoms with Crippen LogP contribution >= 0.6 is 0 Å². The first-order valence-corrected chi connectivity index (χ1v) is 17.3. The van der Waals surface area contributed by atoms with Gasteiger partial charge in [-0.25, -0.2) is 0 Å². The summed E-state index contributed by atoms with van der Waals surface area (Å²) in [5, 5.41) is 4.97. The highest BCUT2D eigenvalue weighted by Crippen LogP contribution is 2.63. The van der Waals surface area contributed by atoms with Crippen LogP contribution in [-0.4, -0.2) is 4.98 Å². The highest BCUT2D eigenvalue weighted by molar-refractivity contribution is 6.11. The molecule has 0 bridgehead atoms. The number of fused-ring (bicyclic) bond motifs is 13. The Bertz CT molecular complexity index is 2570. The molecule has 0 N–H and O–H groups in total. The first-order valence-electron chi connectivity index (χ1n) is 17.3. The van der Waals surface area contributed by atoms with E-state index in [0.717, 1.165) is 11.3 Å². The molecule has 2 aliphatic rings. The Hall–Kier alpha value is -5.79. The van der Waals surface area contributed by atoms with Crippen molar-refractivity contribution in [3.8, 4) is 44.6 Å². The molecule has 0 amide bonds. The smallest absolute Gasteiger partial charge is 0.0780 e. The zero-order valence-corrected chi connectivity index (χ0v) is 28.0. The summed E-state index contributed by atoms with van der Waals surface area (Å²) >= 11 is 0. The average molecular weight is 626 g/mol. The molecule has 1 heterocycles. The van der Waals surface area contributed by atoms with E-state index in [-0.39, 0.29) is 10.8 Å². The highest BCUT2D eigenvalue weighted by atomic mass is 14.7. The van der Waals surface area contributed by atoms with Crippen LogP contribution in [0.2, 0.25) is 0 Å². The van der Waals surface area contributed by atoms with Gasteiger partial charge in [0.25, 0.3) is 0 Å². The quantitative estimate of drug-likeness (QED) is 0.174. The van der Waals surface area contributed by atoms with Gasteiger partial charge in [-0.15, -0.1) is 0 Å². The fourth-order valence-electron chi connectivity index (χ4n) is 8.79. The minimum atomic E-state index is -0.335. The highest BCUT2D eigenvalue weighted by Gasteiger charge is 2.51. The van der Waals surface area contributed by atoms with Gasteiger partial charge in [0.1, 0.15) is 0 Å². The molecular formula is C48H35N. The van der Waals surface area contributed by atoms with Crippen molar-refractivity contribution < 1.29 is 0 Å². The molecular weight excluding hydrogens is 591 g/mol. The van der Waals surface area contributed by atoms with Crippen LogP contribution in [-0.2, 0) is 10.8 Å². The fraction of sp³-hybridized carbons (Fsp3) is 0.104. The van der Waals surface area contributed by atoms with E-state index in [1.807, 2.05) is 6.20 Å². The van der Waals surface area contributed by atoms with E-state index < -0.39 is 0 Å². The van der Waals surface area contributed by atoms with Gasteiger partial charge in [-0.3, -0.25) is 4.98 Å². The molecule has 0 saturated heterocycles. The second kappa shape index (κ2) is 10.1. The summed E-state index contributed by atoms with van der Waals surface area (Å²) in [6.07, 6.45) is 1.96. The van der Waals surface area contributed by atoms with Crippen LogP contribution in [0.5, 0.6) is 0 Å². The van der Waals surface area contributed by atoms with Crippen LogP contribution in [0.1, 0.15) is 48.6 Å². The Balaban J connectivity index is 1.10. The van der Waals surface area contributed by atoms with Gasteiger partial charge in [-0.1, -0.05) is 160 Å². The van der Waals surface area contributed by atoms with E-state index in [0.29, 0.717) is 0 Å². The number of aromatic nitrogens is 1. The average Bonchev–Trinajstić information content (AvgIpc) is 3.61. The van der Waals surface area contributed by atoms with Gasteiger partial charge in [0, 0.05) is 17.1 Å². The normalized spacial score (nSPS) is 13.8. The number of pyridine rings is 1. The van der Waals surface area contributed by atoms with Crippen LogP contribution in [0.4, 0.5) is 0 Å². The van der Waals surface area contributed by atoms with Gasteiger partial charge in [-0.2, -0.15) is 0 Å². The molecule has 10 rings (SSSR count). The molecule has 0 fully saturated rings. The fourth-order valence-corrected chi connectivity index (χ4v) is 8.79. The van der Waals surface area contributed by atoms with Crippen molar-refractivity contribution in [2.24, 2.45) is 0 Å². The maximum Gasteiger partial charge on any atom is 0.0780 e. The van der Waals surface area contributed by atoms with E-state index in [9.17, 15) is 0 Å². The molecule has 0 radical (unpaired) electrons. The van der Waals surface area contributed by atoms with Crippen molar-refractivity contribution in [1.29, 1.82) is 0 Å². The van der Waals surface area contributed by atoms with Crippen LogP contribution < -0.4 is 0 Å². The lowest BCUT2D eigenvalue weighted by atomic mass is 9.70. The first-order chi connectivity index (χ1) is 23.9. The summed E-state index contributed by atoms with van der Waals surface area (Å²) in [5.74, 6) is 0. The van der Waals surface area contributed by atoms with E-state index in [1.165, 1.54) is 82.7 Å². The summed E-state index contributed by atoms with van der Waals surface area (Å²) in [6.45, 7) is 6.81. The van der Waals surface area contributed by atoms with Gasteiger partial charge in [0.05, 0.1) is 11.1 Å². The van der Waals surface area contributed by atoms with E-state index in [1.54, 1.807) is 0 Å². The van der Waals surface area contributed by atoms with Gasteiger partial charge in [0.2, 0.25) is 0 Å². The third-order valence-electron chi connectivity index (χ3n) is 11.1. The number of rotatable bonds is 2. The molecule has 7 aromatic carbocycles. The second-order valence-corrected chi connectivity index (χ2v) is 14.7. The van der Waals surface area contributed by atoms with Gasteiger partial charge >= 0.3 is 0 Å². The molecule has 1 heteroatoms. The Labute approximate surface area is 287 Å². The zero-order valence-electron chi connectivity index (χ0n) is 28.0. The molecule has 1 aromatic heterocycles. The summed E-state index contributed by atoms with van der Waals surface area (Å²) in [7, 11) is 0. The lowest BCUT2D eigenvalue weighted by Gasteiger charge is -2.30. The van der Waals surface area contributed by atoms with Gasteiger partial charge in [-0.05, 0) is 94.9 Å². The second-order valence-electron chi connectivity index (χ2n) is 14.7. The number of hydrogen-bond donors (Lipinski definition) is 0. The minimum Gasteiger partial charge on any atom is -0.256 e. The Morgan fingerprint density at radius 3 is 1.61 bits per heavy atom. The summed E-state index contributed by atoms with van der Waals surface area (Å²) in [5.41, 5.74) is 16.5. The van der Waals surface area contributed by atoms with Crippen molar-refractivity contribution >= 4 is 21.5 Å². The lowest BCUT2D eigenvalue weighted by Crippen LogP contribution is -2.25. The van der Waals surface area contributed by atoms with Crippen LogP contribution in [0, 0.1) is 0 Å². The molecule has 0 saturated carbocycles. The largest absolute Gasteiger partial charge is 0.256 e. The van der Waals surface area contributed by atoms with Crippen LogP contribution in [0.3, 0.4) is 0 Å². The molecule has 0 aliphatic heterocycles. The van der Waals surface area contributed by atoms with E-state index >= 15 is 0 Å². The molecule has 232 valence electrons. The van der Waals surface area contributed by atoms with Crippen molar-refractivity contribution in [2.45, 2.75) is 31.6 Å². The van der Waals surface area contributed by atoms with Gasteiger partial charge in [0.15, 0.2) is 0 Å². The van der Waals surface area contributed by atoms with Crippen LogP contribution in [0.15, 0.2) is 158 Å². The number of nitrogens with zero attached hydrogens (tertiary/aromatic N) is 1. The third-order valence-corrected chi connectivity index (χ3v) is 11.1. The molecule has 2 aliphatic carbocycles. The molecule has 8 aromatic rings. The molecule has 0 unspecified atom stereocenters. The van der Waals surface area contributed by atoms with Crippen molar-refractivity contribution in [3.05, 3.63) is 186 Å². The van der Waals surface area contributed by atoms with E-state index in [4.69, 9.17) is 4.98 Å². The number of hydrogen-bond acceptors (Lipinski definition) is 1. The summed E-state index contributed by atoms with van der Waals surface area (Å²) < 4.78 is 0. The lowest BCUT2D eigenvalue weighted by molar-refractivity contribution is 0.591. The first kappa shape index (κ1) is 28.2. The molecule has 0 atom stereocenters. The Kier molecular flexibility index (Phi) is 5.83. The molecule has 1 nitrogen and oxygen atoms in total. The van der Waals surface area contributed by atoms with Crippen molar-refractivity contribution in [3.63, 3.8) is 0 Å².